The van der Waals surface area contributed by atoms with Gasteiger partial charge < -0.3 is 10.2 Å². The van der Waals surface area contributed by atoms with E-state index in [1.54, 1.807) is 6.92 Å². The average Bonchev–Trinajstić information content (AvgIpc) is 3.00. The van der Waals surface area contributed by atoms with Crippen LogP contribution in [0.3, 0.4) is 0 Å². The van der Waals surface area contributed by atoms with E-state index >= 15 is 0 Å². The van der Waals surface area contributed by atoms with E-state index in [-0.39, 0.29) is 55.0 Å². The van der Waals surface area contributed by atoms with Crippen molar-refractivity contribution in [1.82, 2.24) is 15.1 Å². The molecule has 4 amide bonds. The zero-order valence-corrected chi connectivity index (χ0v) is 17.8. The number of carbonyl (C=O) groups is 4. The first-order valence-corrected chi connectivity index (χ1v) is 10.4. The summed E-state index contributed by atoms with van der Waals surface area (Å²) >= 11 is 0. The van der Waals surface area contributed by atoms with E-state index in [0.717, 1.165) is 11.1 Å². The highest BCUT2D eigenvalue weighted by Gasteiger charge is 2.47. The summed E-state index contributed by atoms with van der Waals surface area (Å²) in [6.45, 7) is 3.99. The Kier molecular flexibility index (Phi) is 6.70. The molecule has 1 aromatic carbocycles. The number of likely N-dealkylation sites (tertiary alicyclic amines) is 1. The maximum Gasteiger partial charge on any atom is 0.242 e. The minimum absolute atomic E-state index is 0.00244. The summed E-state index contributed by atoms with van der Waals surface area (Å²) in [5.41, 5.74) is 2.02. The van der Waals surface area contributed by atoms with Gasteiger partial charge in [-0.2, -0.15) is 0 Å². The van der Waals surface area contributed by atoms with Crippen molar-refractivity contribution in [2.45, 2.75) is 45.7 Å². The second-order valence-electron chi connectivity index (χ2n) is 8.03. The van der Waals surface area contributed by atoms with Crippen LogP contribution in [0.25, 0.3) is 0 Å². The molecule has 7 nitrogen and oxygen atoms in total. The van der Waals surface area contributed by atoms with Gasteiger partial charge in [-0.3, -0.25) is 24.1 Å². The summed E-state index contributed by atoms with van der Waals surface area (Å²) in [5.74, 6) is -1.50. The lowest BCUT2D eigenvalue weighted by molar-refractivity contribution is -0.143. The number of nitrogens with zero attached hydrogens (tertiary/aromatic N) is 2. The molecular weight excluding hydrogens is 382 g/mol. The Morgan fingerprint density at radius 2 is 1.67 bits per heavy atom. The zero-order chi connectivity index (χ0) is 21.8. The molecule has 160 valence electrons. The van der Waals surface area contributed by atoms with Gasteiger partial charge in [-0.05, 0) is 32.3 Å². The van der Waals surface area contributed by atoms with Crippen LogP contribution in [0, 0.1) is 18.8 Å². The fraction of sp³-hybridized carbons (Fsp3) is 0.478. The van der Waals surface area contributed by atoms with Crippen LogP contribution in [0.2, 0.25) is 0 Å². The molecule has 0 radical (unpaired) electrons. The molecular formula is C23H29N3O4. The van der Waals surface area contributed by atoms with Crippen LogP contribution in [0.4, 0.5) is 0 Å². The van der Waals surface area contributed by atoms with Crippen molar-refractivity contribution in [2.75, 3.05) is 13.6 Å². The van der Waals surface area contributed by atoms with E-state index in [2.05, 4.69) is 5.32 Å². The number of hydrogen-bond acceptors (Lipinski definition) is 4. The van der Waals surface area contributed by atoms with Crippen molar-refractivity contribution in [2.24, 2.45) is 11.8 Å². The third-order valence-electron chi connectivity index (χ3n) is 6.04. The molecule has 1 aromatic rings. The van der Waals surface area contributed by atoms with Crippen molar-refractivity contribution < 1.29 is 19.2 Å². The second kappa shape index (κ2) is 9.24. The molecule has 0 unspecified atom stereocenters. The topological polar surface area (TPSA) is 86.8 Å². The molecule has 1 heterocycles. The van der Waals surface area contributed by atoms with Crippen LogP contribution in [0.1, 0.15) is 37.3 Å². The lowest BCUT2D eigenvalue weighted by Gasteiger charge is -2.29. The minimum Gasteiger partial charge on any atom is -0.357 e. The van der Waals surface area contributed by atoms with E-state index in [9.17, 15) is 19.2 Å². The summed E-state index contributed by atoms with van der Waals surface area (Å²) in [5, 5.41) is 2.58. The smallest absolute Gasteiger partial charge is 0.242 e. The number of hydrogen-bond donors (Lipinski definition) is 1. The van der Waals surface area contributed by atoms with Crippen LogP contribution in [0.15, 0.2) is 36.4 Å². The maximum atomic E-state index is 13.0. The molecule has 1 saturated heterocycles. The highest BCUT2D eigenvalue weighted by molar-refractivity contribution is 6.05. The zero-order valence-electron chi connectivity index (χ0n) is 17.8. The van der Waals surface area contributed by atoms with E-state index in [1.807, 2.05) is 43.3 Å². The lowest BCUT2D eigenvalue weighted by atomic mass is 9.85. The Balaban J connectivity index is 1.69. The Hall–Kier alpha value is -2.96. The van der Waals surface area contributed by atoms with Crippen molar-refractivity contribution in [3.63, 3.8) is 0 Å². The number of amides is 4. The van der Waals surface area contributed by atoms with E-state index in [1.165, 1.54) is 16.8 Å². The molecule has 1 N–H and O–H groups in total. The molecule has 3 atom stereocenters. The standard InChI is InChI=1S/C23H29N3O4/c1-15-8-10-17(11-9-15)14-26(16(2)21(28)24-3)20(27)12-13-25-22(29)18-6-4-5-7-19(18)23(25)30/h4-5,8-11,16,18-19H,6-7,12-14H2,1-3H3,(H,24,28)/t16-,18-,19+/m0/s1. The van der Waals surface area contributed by atoms with Crippen LogP contribution in [-0.4, -0.2) is 53.1 Å². The number of carbonyl (C=O) groups excluding carboxylic acids is 4. The lowest BCUT2D eigenvalue weighted by Crippen LogP contribution is -2.47. The molecule has 1 fully saturated rings. The number of allylic oxidation sites excluding steroid dienone is 2. The molecule has 0 aromatic heterocycles. The summed E-state index contributed by atoms with van der Waals surface area (Å²) in [7, 11) is 1.53. The molecule has 2 aliphatic rings. The van der Waals surface area contributed by atoms with Gasteiger partial charge in [-0.15, -0.1) is 0 Å². The number of benzene rings is 1. The largest absolute Gasteiger partial charge is 0.357 e. The van der Waals surface area contributed by atoms with Gasteiger partial charge in [-0.25, -0.2) is 0 Å². The van der Waals surface area contributed by atoms with E-state index in [4.69, 9.17) is 0 Å². The highest BCUT2D eigenvalue weighted by Crippen LogP contribution is 2.35. The van der Waals surface area contributed by atoms with Crippen LogP contribution < -0.4 is 5.32 Å². The summed E-state index contributed by atoms with van der Waals surface area (Å²) in [4.78, 5) is 53.2. The minimum atomic E-state index is -0.666. The third-order valence-corrected chi connectivity index (χ3v) is 6.04. The number of likely N-dealkylation sites (N-methyl/N-ethyl adjacent to an activating group) is 1. The normalized spacial score (nSPS) is 21.4. The van der Waals surface area contributed by atoms with Gasteiger partial charge in [0.1, 0.15) is 6.04 Å². The van der Waals surface area contributed by atoms with Gasteiger partial charge in [0.15, 0.2) is 0 Å². The number of rotatable bonds is 7. The SMILES string of the molecule is CNC(=O)[C@H](C)N(Cc1ccc(C)cc1)C(=O)CCN1C(=O)[C@H]2CC=CC[C@H]2C1=O. The summed E-state index contributed by atoms with van der Waals surface area (Å²) in [6.07, 6.45) is 5.03. The molecule has 1 aliphatic carbocycles. The fourth-order valence-electron chi connectivity index (χ4n) is 4.12. The van der Waals surface area contributed by atoms with Gasteiger partial charge in [0.25, 0.3) is 0 Å². The molecule has 30 heavy (non-hydrogen) atoms. The van der Waals surface area contributed by atoms with E-state index in [0.29, 0.717) is 12.8 Å². The van der Waals surface area contributed by atoms with Crippen molar-refractivity contribution in [3.8, 4) is 0 Å². The molecule has 3 rings (SSSR count). The predicted octanol–water partition coefficient (Wildman–Crippen LogP) is 1.80. The van der Waals surface area contributed by atoms with Gasteiger partial charge in [0.2, 0.25) is 23.6 Å². The Bertz CT molecular complexity index is 836. The van der Waals surface area contributed by atoms with Crippen molar-refractivity contribution >= 4 is 23.6 Å². The van der Waals surface area contributed by atoms with Gasteiger partial charge >= 0.3 is 0 Å². The molecule has 1 aliphatic heterocycles. The molecule has 7 heteroatoms. The third kappa shape index (κ3) is 4.45. The number of fused-ring (bicyclic) bond motifs is 1. The number of imide groups is 1. The summed E-state index contributed by atoms with van der Waals surface area (Å²) in [6, 6.07) is 7.11. The second-order valence-corrected chi connectivity index (χ2v) is 8.03. The van der Waals surface area contributed by atoms with Crippen LogP contribution >= 0.6 is 0 Å². The first kappa shape index (κ1) is 21.7. The Morgan fingerprint density at radius 3 is 2.20 bits per heavy atom. The quantitative estimate of drug-likeness (QED) is 0.548. The average molecular weight is 412 g/mol. The van der Waals surface area contributed by atoms with Crippen molar-refractivity contribution in [3.05, 3.63) is 47.5 Å². The molecule has 0 saturated carbocycles. The van der Waals surface area contributed by atoms with E-state index < -0.39 is 6.04 Å². The highest BCUT2D eigenvalue weighted by atomic mass is 16.2. The van der Waals surface area contributed by atoms with Gasteiger partial charge in [0, 0.05) is 26.6 Å². The van der Waals surface area contributed by atoms with Gasteiger partial charge in [-0.1, -0.05) is 42.0 Å². The summed E-state index contributed by atoms with van der Waals surface area (Å²) < 4.78 is 0. The fourth-order valence-corrected chi connectivity index (χ4v) is 4.12. The first-order valence-electron chi connectivity index (χ1n) is 10.4. The number of aryl methyl sites for hydroxylation is 1. The van der Waals surface area contributed by atoms with Crippen molar-refractivity contribution in [1.29, 1.82) is 0 Å². The Labute approximate surface area is 177 Å². The Morgan fingerprint density at radius 1 is 1.10 bits per heavy atom. The first-order chi connectivity index (χ1) is 14.3. The van der Waals surface area contributed by atoms with Crippen LogP contribution in [0.5, 0.6) is 0 Å². The molecule has 0 spiro atoms. The van der Waals surface area contributed by atoms with Crippen LogP contribution in [-0.2, 0) is 25.7 Å². The number of nitrogens with one attached hydrogen (secondary N) is 1. The molecule has 0 bridgehead atoms. The van der Waals surface area contributed by atoms with Gasteiger partial charge in [0.05, 0.1) is 11.8 Å². The maximum absolute atomic E-state index is 13.0. The monoisotopic (exact) mass is 411 g/mol. The predicted molar refractivity (Wildman–Crippen MR) is 112 cm³/mol.